The summed E-state index contributed by atoms with van der Waals surface area (Å²) in [5.41, 5.74) is 6.81. The first-order valence-corrected chi connectivity index (χ1v) is 12.6. The van der Waals surface area contributed by atoms with Crippen LogP contribution in [0.15, 0.2) is 36.4 Å². The number of ketones is 1. The zero-order chi connectivity index (χ0) is 24.9. The molecule has 1 N–H and O–H groups in total. The largest absolute Gasteiger partial charge is 0.481 e. The minimum atomic E-state index is -0.758. The summed E-state index contributed by atoms with van der Waals surface area (Å²) >= 11 is 0. The van der Waals surface area contributed by atoms with E-state index >= 15 is 0 Å². The smallest absolute Gasteiger partial charge is 0.410 e. The fourth-order valence-electron chi connectivity index (χ4n) is 5.22. The Morgan fingerprint density at radius 3 is 2.29 bits per heavy atom. The normalized spacial score (nSPS) is 19.7. The molecule has 2 aromatic rings. The van der Waals surface area contributed by atoms with Crippen molar-refractivity contribution in [1.82, 2.24) is 4.90 Å². The molecule has 1 amide bonds. The number of fused-ring (bicyclic) bond motifs is 1. The number of carboxylic acids is 1. The van der Waals surface area contributed by atoms with Gasteiger partial charge in [-0.15, -0.1) is 0 Å². The molecule has 1 saturated carbocycles. The summed E-state index contributed by atoms with van der Waals surface area (Å²) in [6.07, 6.45) is 4.42. The third-order valence-corrected chi connectivity index (χ3v) is 7.44. The zero-order valence-electron chi connectivity index (χ0n) is 20.7. The number of hydrogen-bond donors (Lipinski definition) is 1. The number of carbonyl (C=O) groups is 3. The molecule has 0 atom stereocenters. The monoisotopic (exact) mass is 477 g/mol. The van der Waals surface area contributed by atoms with Gasteiger partial charge in [0.05, 0.1) is 0 Å². The summed E-state index contributed by atoms with van der Waals surface area (Å²) in [7, 11) is 0. The van der Waals surface area contributed by atoms with Crippen LogP contribution in [0, 0.1) is 19.8 Å². The molecule has 1 fully saturated rings. The van der Waals surface area contributed by atoms with Crippen molar-refractivity contribution in [3.63, 3.8) is 0 Å². The number of nitrogens with zero attached hydrogens (tertiary/aromatic N) is 1. The van der Waals surface area contributed by atoms with Gasteiger partial charge < -0.3 is 14.7 Å². The van der Waals surface area contributed by atoms with Gasteiger partial charge in [-0.2, -0.15) is 0 Å². The van der Waals surface area contributed by atoms with Crippen molar-refractivity contribution in [2.75, 3.05) is 6.54 Å². The van der Waals surface area contributed by atoms with Crippen LogP contribution in [0.3, 0.4) is 0 Å². The van der Waals surface area contributed by atoms with Crippen LogP contribution in [0.25, 0.3) is 0 Å². The van der Waals surface area contributed by atoms with Gasteiger partial charge in [-0.3, -0.25) is 9.59 Å². The maximum Gasteiger partial charge on any atom is 0.410 e. The highest BCUT2D eigenvalue weighted by Crippen LogP contribution is 2.29. The Bertz CT molecular complexity index is 1100. The summed E-state index contributed by atoms with van der Waals surface area (Å²) in [6.45, 7) is 5.25. The van der Waals surface area contributed by atoms with Gasteiger partial charge >= 0.3 is 12.1 Å². The van der Waals surface area contributed by atoms with Crippen LogP contribution in [0.4, 0.5) is 4.79 Å². The summed E-state index contributed by atoms with van der Waals surface area (Å²) in [5, 5.41) is 8.96. The molecule has 0 unspecified atom stereocenters. The molecule has 0 radical (unpaired) electrons. The molecule has 186 valence electrons. The van der Waals surface area contributed by atoms with Crippen molar-refractivity contribution in [2.45, 2.75) is 77.9 Å². The number of hydrogen-bond acceptors (Lipinski definition) is 4. The Kier molecular flexibility index (Phi) is 7.89. The van der Waals surface area contributed by atoms with E-state index in [0.717, 1.165) is 48.8 Å². The Labute approximate surface area is 207 Å². The molecule has 4 rings (SSSR count). The number of aliphatic carboxylic acids is 1. The van der Waals surface area contributed by atoms with E-state index in [1.165, 1.54) is 16.7 Å². The first-order valence-electron chi connectivity index (χ1n) is 12.6. The topological polar surface area (TPSA) is 83.9 Å². The molecule has 2 aliphatic rings. The Morgan fingerprint density at radius 2 is 1.60 bits per heavy atom. The number of amides is 1. The summed E-state index contributed by atoms with van der Waals surface area (Å²) in [5.74, 6) is -0.370. The lowest BCUT2D eigenvalue weighted by Gasteiger charge is -2.32. The van der Waals surface area contributed by atoms with Gasteiger partial charge in [-0.1, -0.05) is 36.4 Å². The molecule has 1 aliphatic heterocycles. The standard InChI is InChI=1S/C29H35NO5/c1-19-3-4-22(13-20(19)2)15-26(31)16-23-5-8-25-18-30(12-11-24(25)14-23)29(34)35-27-9-6-21(7-10-27)17-28(32)33/h3-5,8,13-14,21,27H,6-7,9-12,15-18H2,1-2H3,(H,32,33). The minimum absolute atomic E-state index is 0.125. The summed E-state index contributed by atoms with van der Waals surface area (Å²) in [4.78, 5) is 38.0. The molecular formula is C29H35NO5. The lowest BCUT2D eigenvalue weighted by atomic mass is 9.85. The number of Topliss-reactive ketones (excluding diaryl/α,β-unsaturated/α-hetero) is 1. The van der Waals surface area contributed by atoms with Gasteiger partial charge in [0.2, 0.25) is 0 Å². The number of carbonyl (C=O) groups excluding carboxylic acids is 2. The Morgan fingerprint density at radius 1 is 0.914 bits per heavy atom. The molecule has 0 saturated heterocycles. The second kappa shape index (κ2) is 11.1. The molecule has 0 bridgehead atoms. The minimum Gasteiger partial charge on any atom is -0.481 e. The number of ether oxygens (including phenoxy) is 1. The van der Waals surface area contributed by atoms with E-state index < -0.39 is 5.97 Å². The lowest BCUT2D eigenvalue weighted by molar-refractivity contribution is -0.138. The van der Waals surface area contributed by atoms with E-state index in [1.54, 1.807) is 4.90 Å². The zero-order valence-corrected chi connectivity index (χ0v) is 20.7. The SMILES string of the molecule is Cc1ccc(CC(=O)Cc2ccc3c(c2)CCN(C(=O)OC2CCC(CC(=O)O)CC2)C3)cc1C. The van der Waals surface area contributed by atoms with Crippen LogP contribution >= 0.6 is 0 Å². The molecule has 1 heterocycles. The van der Waals surface area contributed by atoms with Crippen LogP contribution in [0.1, 0.15) is 65.5 Å². The quantitative estimate of drug-likeness (QED) is 0.594. The third-order valence-electron chi connectivity index (χ3n) is 7.44. The lowest BCUT2D eigenvalue weighted by Crippen LogP contribution is -2.39. The molecule has 0 aromatic heterocycles. The summed E-state index contributed by atoms with van der Waals surface area (Å²) in [6, 6.07) is 12.3. The van der Waals surface area contributed by atoms with Crippen molar-refractivity contribution in [1.29, 1.82) is 0 Å². The predicted molar refractivity (Wildman–Crippen MR) is 133 cm³/mol. The second-order valence-electron chi connectivity index (χ2n) is 10.2. The third kappa shape index (κ3) is 6.71. The van der Waals surface area contributed by atoms with Gasteiger partial charge in [0.25, 0.3) is 0 Å². The molecule has 6 heteroatoms. The molecule has 1 aliphatic carbocycles. The van der Waals surface area contributed by atoms with E-state index in [0.29, 0.717) is 25.9 Å². The van der Waals surface area contributed by atoms with Crippen LogP contribution in [0.5, 0.6) is 0 Å². The molecule has 2 aromatic carbocycles. The van der Waals surface area contributed by atoms with Gasteiger partial charge in [0.15, 0.2) is 0 Å². The number of benzene rings is 2. The van der Waals surface area contributed by atoms with Gasteiger partial charge in [0.1, 0.15) is 11.9 Å². The highest BCUT2D eigenvalue weighted by Gasteiger charge is 2.28. The van der Waals surface area contributed by atoms with Crippen molar-refractivity contribution in [3.8, 4) is 0 Å². The van der Waals surface area contributed by atoms with E-state index in [-0.39, 0.29) is 30.3 Å². The van der Waals surface area contributed by atoms with E-state index in [9.17, 15) is 14.4 Å². The second-order valence-corrected chi connectivity index (χ2v) is 10.2. The van der Waals surface area contributed by atoms with E-state index in [1.807, 2.05) is 18.2 Å². The van der Waals surface area contributed by atoms with Crippen molar-refractivity contribution in [3.05, 3.63) is 69.8 Å². The Balaban J connectivity index is 1.27. The van der Waals surface area contributed by atoms with Crippen LogP contribution in [-0.2, 0) is 40.1 Å². The Hall–Kier alpha value is -3.15. The van der Waals surface area contributed by atoms with Gasteiger partial charge in [-0.25, -0.2) is 4.79 Å². The molecule has 35 heavy (non-hydrogen) atoms. The first kappa shape index (κ1) is 25.0. The highest BCUT2D eigenvalue weighted by molar-refractivity contribution is 5.83. The number of aryl methyl sites for hydroxylation is 2. The van der Waals surface area contributed by atoms with Crippen LogP contribution in [-0.4, -0.2) is 40.5 Å². The highest BCUT2D eigenvalue weighted by atomic mass is 16.6. The van der Waals surface area contributed by atoms with Gasteiger partial charge in [-0.05, 0) is 85.3 Å². The number of carboxylic acid groups (broad SMARTS) is 1. The fourth-order valence-corrected chi connectivity index (χ4v) is 5.22. The van der Waals surface area contributed by atoms with Gasteiger partial charge in [0, 0.05) is 32.4 Å². The number of rotatable bonds is 7. The van der Waals surface area contributed by atoms with Crippen molar-refractivity contribution < 1.29 is 24.2 Å². The first-order chi connectivity index (χ1) is 16.8. The maximum absolute atomic E-state index is 12.7. The van der Waals surface area contributed by atoms with Crippen LogP contribution < -0.4 is 0 Å². The molecular weight excluding hydrogens is 442 g/mol. The molecule has 6 nitrogen and oxygen atoms in total. The average Bonchev–Trinajstić information content (AvgIpc) is 2.82. The van der Waals surface area contributed by atoms with Crippen LogP contribution in [0.2, 0.25) is 0 Å². The van der Waals surface area contributed by atoms with E-state index in [2.05, 4.69) is 32.0 Å². The van der Waals surface area contributed by atoms with Crippen molar-refractivity contribution in [2.24, 2.45) is 5.92 Å². The maximum atomic E-state index is 12.7. The predicted octanol–water partition coefficient (Wildman–Crippen LogP) is 5.19. The molecule has 0 spiro atoms. The average molecular weight is 478 g/mol. The van der Waals surface area contributed by atoms with Crippen molar-refractivity contribution >= 4 is 17.8 Å². The fraction of sp³-hybridized carbons (Fsp3) is 0.483. The van der Waals surface area contributed by atoms with E-state index in [4.69, 9.17) is 9.84 Å². The summed E-state index contributed by atoms with van der Waals surface area (Å²) < 4.78 is 5.74.